The van der Waals surface area contributed by atoms with Gasteiger partial charge in [-0.2, -0.15) is 5.01 Å². The van der Waals surface area contributed by atoms with E-state index in [0.717, 1.165) is 0 Å². The van der Waals surface area contributed by atoms with Crippen LogP contribution in [-0.4, -0.2) is 81.3 Å². The maximum absolute atomic E-state index is 11.5. The number of hydrogen-bond donors (Lipinski definition) is 2. The molecule has 0 bridgehead atoms. The van der Waals surface area contributed by atoms with Gasteiger partial charge in [-0.15, -0.1) is 4.91 Å². The number of nitrogens with one attached hydrogen (secondary N) is 1. The van der Waals surface area contributed by atoms with Gasteiger partial charge in [0.15, 0.2) is 6.29 Å². The van der Waals surface area contributed by atoms with Crippen molar-refractivity contribution < 1.29 is 28.8 Å². The molecule has 1 heterocycles. The standard InChI is InChI=1S/C12H23N3O7/c1-5-21-11-8(16)10(20-4)9(22-11)7(19-3)6-13-12(17)15(2)14-18/h7-11,16H,5-6H2,1-4H3,(H,13,17). The van der Waals surface area contributed by atoms with E-state index in [-0.39, 0.29) is 6.54 Å². The predicted octanol–water partition coefficient (Wildman–Crippen LogP) is -0.538. The molecule has 0 aliphatic carbocycles. The Kier molecular flexibility index (Phi) is 7.62. The van der Waals surface area contributed by atoms with Gasteiger partial charge < -0.3 is 29.4 Å². The van der Waals surface area contributed by atoms with Crippen LogP contribution >= 0.6 is 0 Å². The zero-order chi connectivity index (χ0) is 16.7. The van der Waals surface area contributed by atoms with Crippen molar-refractivity contribution in [3.63, 3.8) is 0 Å². The lowest BCUT2D eigenvalue weighted by Crippen LogP contribution is -2.48. The van der Waals surface area contributed by atoms with Gasteiger partial charge in [-0.3, -0.25) is 0 Å². The Bertz CT molecular complexity index is 371. The molecule has 0 radical (unpaired) electrons. The van der Waals surface area contributed by atoms with E-state index in [2.05, 4.69) is 10.6 Å². The number of methoxy groups -OCH3 is 2. The van der Waals surface area contributed by atoms with Gasteiger partial charge >= 0.3 is 6.03 Å². The molecule has 5 atom stereocenters. The Morgan fingerprint density at radius 3 is 2.68 bits per heavy atom. The average Bonchev–Trinajstić information content (AvgIpc) is 2.83. The summed E-state index contributed by atoms with van der Waals surface area (Å²) in [5, 5.41) is 15.7. The smallest absolute Gasteiger partial charge is 0.340 e. The Labute approximate surface area is 128 Å². The largest absolute Gasteiger partial charge is 0.385 e. The summed E-state index contributed by atoms with van der Waals surface area (Å²) in [6.45, 7) is 2.20. The van der Waals surface area contributed by atoms with Crippen LogP contribution in [0.15, 0.2) is 5.29 Å². The minimum atomic E-state index is -0.970. The van der Waals surface area contributed by atoms with Crippen LogP contribution in [0.3, 0.4) is 0 Å². The van der Waals surface area contributed by atoms with Crippen LogP contribution < -0.4 is 5.32 Å². The van der Waals surface area contributed by atoms with E-state index in [1.807, 2.05) is 0 Å². The molecule has 0 aromatic carbocycles. The molecule has 0 aromatic heterocycles. The van der Waals surface area contributed by atoms with Crippen molar-refractivity contribution in [2.75, 3.05) is 34.4 Å². The highest BCUT2D eigenvalue weighted by Gasteiger charge is 2.48. The van der Waals surface area contributed by atoms with Gasteiger partial charge in [0.25, 0.3) is 0 Å². The Balaban J connectivity index is 2.68. The molecule has 5 unspecified atom stereocenters. The molecule has 0 aromatic rings. The Morgan fingerprint density at radius 2 is 2.18 bits per heavy atom. The average molecular weight is 321 g/mol. The lowest BCUT2D eigenvalue weighted by molar-refractivity contribution is -0.177. The molecule has 0 spiro atoms. The normalized spacial score (nSPS) is 29.1. The summed E-state index contributed by atoms with van der Waals surface area (Å²) in [6.07, 6.45) is -3.71. The Morgan fingerprint density at radius 1 is 1.50 bits per heavy atom. The van der Waals surface area contributed by atoms with E-state index in [1.165, 1.54) is 21.3 Å². The number of carbonyl (C=O) groups is 1. The molecule has 128 valence electrons. The lowest BCUT2D eigenvalue weighted by Gasteiger charge is -2.26. The van der Waals surface area contributed by atoms with Crippen LogP contribution in [0.1, 0.15) is 6.92 Å². The molecule has 22 heavy (non-hydrogen) atoms. The number of nitrogens with zero attached hydrogens (tertiary/aromatic N) is 2. The maximum atomic E-state index is 11.5. The van der Waals surface area contributed by atoms with Gasteiger partial charge in [0, 0.05) is 34.4 Å². The molecule has 2 N–H and O–H groups in total. The zero-order valence-corrected chi connectivity index (χ0v) is 13.1. The molecule has 10 heteroatoms. The second-order valence-corrected chi connectivity index (χ2v) is 4.68. The van der Waals surface area contributed by atoms with E-state index in [4.69, 9.17) is 18.9 Å². The first-order valence-electron chi connectivity index (χ1n) is 6.85. The van der Waals surface area contributed by atoms with Crippen LogP contribution in [0.25, 0.3) is 0 Å². The van der Waals surface area contributed by atoms with Gasteiger partial charge in [-0.25, -0.2) is 4.79 Å². The number of aliphatic hydroxyl groups is 1. The molecule has 0 saturated carbocycles. The summed E-state index contributed by atoms with van der Waals surface area (Å²) in [5.74, 6) is 0. The molecule has 2 amide bonds. The zero-order valence-electron chi connectivity index (χ0n) is 13.1. The van der Waals surface area contributed by atoms with Crippen molar-refractivity contribution in [1.29, 1.82) is 0 Å². The van der Waals surface area contributed by atoms with Crippen molar-refractivity contribution >= 4 is 6.03 Å². The highest BCUT2D eigenvalue weighted by molar-refractivity contribution is 5.73. The summed E-state index contributed by atoms with van der Waals surface area (Å²) in [4.78, 5) is 21.8. The Hall–Kier alpha value is -1.33. The monoisotopic (exact) mass is 321 g/mol. The fourth-order valence-corrected chi connectivity index (χ4v) is 2.21. The summed E-state index contributed by atoms with van der Waals surface area (Å²) in [7, 11) is 4.10. The van der Waals surface area contributed by atoms with Crippen molar-refractivity contribution in [3.8, 4) is 0 Å². The van der Waals surface area contributed by atoms with Crippen LogP contribution in [0, 0.1) is 4.91 Å². The number of urea groups is 1. The number of nitroso groups, excluding NO2 is 1. The molecular weight excluding hydrogens is 298 g/mol. The summed E-state index contributed by atoms with van der Waals surface area (Å²) in [5.41, 5.74) is 0. The van der Waals surface area contributed by atoms with Crippen LogP contribution in [-0.2, 0) is 18.9 Å². The molecule has 1 fully saturated rings. The van der Waals surface area contributed by atoms with Gasteiger partial charge in [0.2, 0.25) is 0 Å². The fraction of sp³-hybridized carbons (Fsp3) is 0.917. The van der Waals surface area contributed by atoms with E-state index < -0.39 is 36.7 Å². The minimum Gasteiger partial charge on any atom is -0.385 e. The second kappa shape index (κ2) is 8.96. The maximum Gasteiger partial charge on any atom is 0.340 e. The van der Waals surface area contributed by atoms with Crippen LogP contribution in [0.2, 0.25) is 0 Å². The second-order valence-electron chi connectivity index (χ2n) is 4.68. The molecule has 10 nitrogen and oxygen atoms in total. The quantitative estimate of drug-likeness (QED) is 0.455. The van der Waals surface area contributed by atoms with Gasteiger partial charge in [0.1, 0.15) is 24.4 Å². The minimum absolute atomic E-state index is 0.0469. The SMILES string of the molecule is CCOC1OC(C(CNC(=O)N(C)N=O)OC)C(OC)C1O. The number of rotatable bonds is 8. The third kappa shape index (κ3) is 4.34. The summed E-state index contributed by atoms with van der Waals surface area (Å²) in [6, 6.07) is -0.675. The molecule has 1 aliphatic rings. The number of amides is 2. The number of ether oxygens (including phenoxy) is 4. The van der Waals surface area contributed by atoms with E-state index in [0.29, 0.717) is 11.6 Å². The van der Waals surface area contributed by atoms with Crippen molar-refractivity contribution in [2.45, 2.75) is 37.6 Å². The van der Waals surface area contributed by atoms with Crippen LogP contribution in [0.4, 0.5) is 4.79 Å². The van der Waals surface area contributed by atoms with Gasteiger partial charge in [-0.1, -0.05) is 0 Å². The molecule has 1 rings (SSSR count). The van der Waals surface area contributed by atoms with Crippen LogP contribution in [0.5, 0.6) is 0 Å². The van der Waals surface area contributed by atoms with Crippen molar-refractivity contribution in [1.82, 2.24) is 10.3 Å². The van der Waals surface area contributed by atoms with Gasteiger partial charge in [0.05, 0.1) is 5.29 Å². The number of aliphatic hydroxyl groups excluding tert-OH is 1. The first-order chi connectivity index (χ1) is 10.5. The summed E-state index contributed by atoms with van der Waals surface area (Å²) >= 11 is 0. The molecular formula is C12H23N3O7. The molecule has 1 aliphatic heterocycles. The van der Waals surface area contributed by atoms with E-state index in [1.54, 1.807) is 6.92 Å². The third-order valence-electron chi connectivity index (χ3n) is 3.37. The fourth-order valence-electron chi connectivity index (χ4n) is 2.21. The van der Waals surface area contributed by atoms with Crippen molar-refractivity contribution in [2.24, 2.45) is 5.29 Å². The van der Waals surface area contributed by atoms with E-state index in [9.17, 15) is 14.8 Å². The van der Waals surface area contributed by atoms with Crippen molar-refractivity contribution in [3.05, 3.63) is 4.91 Å². The highest BCUT2D eigenvalue weighted by Crippen LogP contribution is 2.27. The molecule has 1 saturated heterocycles. The topological polar surface area (TPSA) is 119 Å². The number of carbonyl (C=O) groups excluding carboxylic acids is 1. The van der Waals surface area contributed by atoms with Gasteiger partial charge in [-0.05, 0) is 6.92 Å². The predicted molar refractivity (Wildman–Crippen MR) is 74.8 cm³/mol. The number of hydrogen-bond acceptors (Lipinski definition) is 8. The summed E-state index contributed by atoms with van der Waals surface area (Å²) < 4.78 is 21.4. The first-order valence-corrected chi connectivity index (χ1v) is 6.85. The third-order valence-corrected chi connectivity index (χ3v) is 3.37. The lowest BCUT2D eigenvalue weighted by atomic mass is 10.1. The van der Waals surface area contributed by atoms with E-state index >= 15 is 0 Å². The highest BCUT2D eigenvalue weighted by atomic mass is 16.7. The first kappa shape index (κ1) is 18.7.